The molecular weight excluding hydrogens is 834 g/mol. The largest absolute Gasteiger partial charge is 0.457 e. The van der Waals surface area contributed by atoms with Crippen molar-refractivity contribution in [3.8, 4) is 0 Å². The van der Waals surface area contributed by atoms with Crippen molar-refractivity contribution in [2.24, 2.45) is 0 Å². The smallest absolute Gasteiger partial charge is 0.306 e. The number of esters is 1. The maximum atomic E-state index is 16.7. The lowest BCUT2D eigenvalue weighted by atomic mass is 9.97. The standard InChI is InChI=1S/C52H58FNO11/c1-36-45(65-44(56)29-28-43(55)54-2)47(58-31-38-20-10-4-11-21-38)50(61-34-41-26-16-7-17-27-41)52(63-36)62-35-42-46(57-30-37-18-8-3-9-19-37)48(59-32-39-22-12-5-13-23-39)49(51(53)64-42)60-33-40-24-14-6-15-25-40/h3-27,36,42,45-52H,28-35H2,1-2H3,(H,54,55)/t36?,42-,45+,46+,47-,48?,49?,50?,51-,52+/m0/s1. The van der Waals surface area contributed by atoms with Gasteiger partial charge in [-0.05, 0) is 34.7 Å². The number of hydrogen-bond acceptors (Lipinski definition) is 11. The molecule has 0 aliphatic carbocycles. The zero-order chi connectivity index (χ0) is 45.2. The molecule has 13 heteroatoms. The lowest BCUT2D eigenvalue weighted by Crippen LogP contribution is -2.62. The highest BCUT2D eigenvalue weighted by Gasteiger charge is 2.52. The molecule has 0 aromatic heterocycles. The van der Waals surface area contributed by atoms with Crippen LogP contribution >= 0.6 is 0 Å². The molecule has 2 aliphatic heterocycles. The van der Waals surface area contributed by atoms with Crippen molar-refractivity contribution < 1.29 is 56.6 Å². The van der Waals surface area contributed by atoms with E-state index in [1.54, 1.807) is 6.92 Å². The van der Waals surface area contributed by atoms with Crippen molar-refractivity contribution in [1.82, 2.24) is 5.32 Å². The maximum absolute atomic E-state index is 16.7. The number of benzene rings is 5. The highest BCUT2D eigenvalue weighted by molar-refractivity contribution is 5.81. The molecule has 2 aliphatic rings. The van der Waals surface area contributed by atoms with E-state index in [1.807, 2.05) is 152 Å². The third-order valence-electron chi connectivity index (χ3n) is 11.3. The average molecular weight is 892 g/mol. The van der Waals surface area contributed by atoms with Crippen LogP contribution < -0.4 is 5.32 Å². The summed E-state index contributed by atoms with van der Waals surface area (Å²) in [5, 5.41) is 2.53. The third kappa shape index (κ3) is 14.1. The van der Waals surface area contributed by atoms with Crippen LogP contribution in [0.15, 0.2) is 152 Å². The van der Waals surface area contributed by atoms with Crippen LogP contribution in [0.3, 0.4) is 0 Å². The van der Waals surface area contributed by atoms with Crippen LogP contribution in [-0.2, 0) is 85.3 Å². The average Bonchev–Trinajstić information content (AvgIpc) is 3.35. The molecule has 2 saturated heterocycles. The molecule has 1 amide bonds. The summed E-state index contributed by atoms with van der Waals surface area (Å²) in [6.07, 6.45) is -10.9. The fourth-order valence-corrected chi connectivity index (χ4v) is 7.78. The van der Waals surface area contributed by atoms with Gasteiger partial charge in [0.1, 0.15) is 36.6 Å². The van der Waals surface area contributed by atoms with Crippen molar-refractivity contribution >= 4 is 11.9 Å². The van der Waals surface area contributed by atoms with Crippen LogP contribution in [0.2, 0.25) is 0 Å². The molecule has 1 N–H and O–H groups in total. The van der Waals surface area contributed by atoms with E-state index in [0.29, 0.717) is 0 Å². The van der Waals surface area contributed by atoms with Crippen molar-refractivity contribution in [1.29, 1.82) is 0 Å². The quantitative estimate of drug-likeness (QED) is 0.0684. The number of hydrogen-bond donors (Lipinski definition) is 1. The molecule has 0 bridgehead atoms. The number of halogens is 1. The molecule has 2 heterocycles. The second kappa shape index (κ2) is 24.8. The van der Waals surface area contributed by atoms with Crippen LogP contribution in [-0.4, -0.2) is 87.0 Å². The van der Waals surface area contributed by atoms with E-state index in [-0.39, 0.29) is 58.4 Å². The molecule has 7 rings (SSSR count). The number of carbonyl (C=O) groups excluding carboxylic acids is 2. The van der Waals surface area contributed by atoms with Crippen molar-refractivity contribution in [3.63, 3.8) is 0 Å². The predicted octanol–water partition coefficient (Wildman–Crippen LogP) is 7.81. The Labute approximate surface area is 380 Å². The highest BCUT2D eigenvalue weighted by Crippen LogP contribution is 2.34. The van der Waals surface area contributed by atoms with E-state index >= 15 is 4.39 Å². The first kappa shape index (κ1) is 47.6. The molecule has 344 valence electrons. The lowest BCUT2D eigenvalue weighted by Gasteiger charge is -2.46. The molecule has 2 fully saturated rings. The van der Waals surface area contributed by atoms with Gasteiger partial charge in [0.05, 0.1) is 52.2 Å². The maximum Gasteiger partial charge on any atom is 0.306 e. The minimum absolute atomic E-state index is 0.0504. The van der Waals surface area contributed by atoms with Crippen LogP contribution in [0.25, 0.3) is 0 Å². The van der Waals surface area contributed by atoms with Gasteiger partial charge in [-0.2, -0.15) is 0 Å². The first-order valence-corrected chi connectivity index (χ1v) is 22.1. The van der Waals surface area contributed by atoms with Gasteiger partial charge in [0.15, 0.2) is 12.4 Å². The van der Waals surface area contributed by atoms with E-state index in [4.69, 9.17) is 42.6 Å². The predicted molar refractivity (Wildman–Crippen MR) is 238 cm³/mol. The van der Waals surface area contributed by atoms with E-state index in [0.717, 1.165) is 27.8 Å². The van der Waals surface area contributed by atoms with Crippen LogP contribution in [0, 0.1) is 0 Å². The Morgan fingerprint density at radius 3 is 1.31 bits per heavy atom. The second-order valence-corrected chi connectivity index (χ2v) is 16.0. The number of ether oxygens (including phenoxy) is 9. The molecule has 0 radical (unpaired) electrons. The van der Waals surface area contributed by atoms with Crippen molar-refractivity contribution in [2.75, 3.05) is 13.7 Å². The summed E-state index contributed by atoms with van der Waals surface area (Å²) in [5.74, 6) is -0.894. The fourth-order valence-electron chi connectivity index (χ4n) is 7.78. The van der Waals surface area contributed by atoms with E-state index in [1.165, 1.54) is 7.05 Å². The van der Waals surface area contributed by atoms with E-state index in [9.17, 15) is 9.59 Å². The monoisotopic (exact) mass is 891 g/mol. The van der Waals surface area contributed by atoms with Crippen molar-refractivity contribution in [2.45, 2.75) is 114 Å². The summed E-state index contributed by atoms with van der Waals surface area (Å²) in [5.41, 5.74) is 4.39. The topological polar surface area (TPSA) is 129 Å². The second-order valence-electron chi connectivity index (χ2n) is 16.0. The zero-order valence-corrected chi connectivity index (χ0v) is 36.7. The normalized spacial score (nSPS) is 25.4. The van der Waals surface area contributed by atoms with E-state index < -0.39 is 67.4 Å². The number of amides is 1. The Morgan fingerprint density at radius 1 is 0.492 bits per heavy atom. The minimum atomic E-state index is -1.93. The first-order valence-electron chi connectivity index (χ1n) is 22.1. The molecule has 10 atom stereocenters. The Kier molecular flexibility index (Phi) is 18.2. The molecule has 4 unspecified atom stereocenters. The van der Waals surface area contributed by atoms with Crippen LogP contribution in [0.4, 0.5) is 4.39 Å². The summed E-state index contributed by atoms with van der Waals surface area (Å²) in [7, 11) is 1.51. The summed E-state index contributed by atoms with van der Waals surface area (Å²) < 4.78 is 74.9. The van der Waals surface area contributed by atoms with Crippen LogP contribution in [0.1, 0.15) is 47.6 Å². The highest BCUT2D eigenvalue weighted by atomic mass is 19.1. The summed E-state index contributed by atoms with van der Waals surface area (Å²) in [6.45, 7) is 2.26. The zero-order valence-electron chi connectivity index (χ0n) is 36.7. The minimum Gasteiger partial charge on any atom is -0.457 e. The summed E-state index contributed by atoms with van der Waals surface area (Å²) >= 11 is 0. The Hall–Kier alpha value is -5.35. The Balaban J connectivity index is 1.17. The fraction of sp³-hybridized carbons (Fsp3) is 0.385. The van der Waals surface area contributed by atoms with Crippen LogP contribution in [0.5, 0.6) is 0 Å². The number of alkyl halides is 1. The Morgan fingerprint density at radius 2 is 0.877 bits per heavy atom. The molecule has 5 aromatic carbocycles. The molecular formula is C52H58FNO11. The van der Waals surface area contributed by atoms with Gasteiger partial charge in [-0.1, -0.05) is 152 Å². The number of carbonyl (C=O) groups is 2. The SMILES string of the molecule is CNC(=O)CCC(=O)O[C@@H]1C(C)O[C@@H](OC[C@@H]2O[C@H](F)C(OCc3ccccc3)C(OCc3ccccc3)[C@@H]2OCc2ccccc2)C(OCc2ccccc2)[C@H]1OCc1ccccc1. The molecule has 65 heavy (non-hydrogen) atoms. The molecule has 0 spiro atoms. The first-order chi connectivity index (χ1) is 31.8. The van der Waals surface area contributed by atoms with Gasteiger partial charge in [0, 0.05) is 13.5 Å². The molecule has 5 aromatic rings. The van der Waals surface area contributed by atoms with Gasteiger partial charge < -0.3 is 47.9 Å². The van der Waals surface area contributed by atoms with Gasteiger partial charge in [0.2, 0.25) is 12.3 Å². The Bertz CT molecular complexity index is 2140. The van der Waals surface area contributed by atoms with Gasteiger partial charge in [-0.3, -0.25) is 9.59 Å². The lowest BCUT2D eigenvalue weighted by molar-refractivity contribution is -0.335. The van der Waals surface area contributed by atoms with Gasteiger partial charge in [-0.15, -0.1) is 0 Å². The molecule has 0 saturated carbocycles. The number of nitrogens with one attached hydrogen (secondary N) is 1. The summed E-state index contributed by atoms with van der Waals surface area (Å²) in [4.78, 5) is 25.3. The van der Waals surface area contributed by atoms with Gasteiger partial charge in [0.25, 0.3) is 0 Å². The third-order valence-corrected chi connectivity index (χ3v) is 11.3. The van der Waals surface area contributed by atoms with Crippen molar-refractivity contribution in [3.05, 3.63) is 179 Å². The summed E-state index contributed by atoms with van der Waals surface area (Å²) in [6, 6.07) is 47.9. The van der Waals surface area contributed by atoms with E-state index in [2.05, 4.69) is 5.32 Å². The molecule has 12 nitrogen and oxygen atoms in total. The number of rotatable bonds is 22. The van der Waals surface area contributed by atoms with Gasteiger partial charge >= 0.3 is 5.97 Å². The van der Waals surface area contributed by atoms with Gasteiger partial charge in [-0.25, -0.2) is 4.39 Å².